The number of carbonyl (C=O) groups excluding carboxylic acids is 1. The van der Waals surface area contributed by atoms with Gasteiger partial charge in [0.25, 0.3) is 5.91 Å². The number of rotatable bonds is 5. The zero-order valence-corrected chi connectivity index (χ0v) is 13.4. The number of nitrogens with one attached hydrogen (secondary N) is 1. The summed E-state index contributed by atoms with van der Waals surface area (Å²) >= 11 is 0. The highest BCUT2D eigenvalue weighted by atomic mass is 35.5. The lowest BCUT2D eigenvalue weighted by Crippen LogP contribution is -2.36. The van der Waals surface area contributed by atoms with Crippen molar-refractivity contribution in [1.82, 2.24) is 5.32 Å². The van der Waals surface area contributed by atoms with Crippen molar-refractivity contribution in [3.63, 3.8) is 0 Å². The van der Waals surface area contributed by atoms with E-state index in [1.165, 1.54) is 24.8 Å². The molecule has 6 heteroatoms. The van der Waals surface area contributed by atoms with Crippen molar-refractivity contribution in [1.29, 1.82) is 0 Å². The molecule has 0 aliphatic heterocycles. The summed E-state index contributed by atoms with van der Waals surface area (Å²) < 4.78 is 18.3. The zero-order chi connectivity index (χ0) is 15.5. The van der Waals surface area contributed by atoms with Crippen molar-refractivity contribution in [2.24, 2.45) is 11.7 Å². The Hall–Kier alpha value is -1.85. The summed E-state index contributed by atoms with van der Waals surface area (Å²) in [5.74, 6) is 0.511. The van der Waals surface area contributed by atoms with E-state index in [1.807, 2.05) is 0 Å². The standard InChI is InChI=1S/C17H19FN2O2.ClH/c18-14-6-4-12(5-7-14)16(11-2-1-3-11)20-17(21)13-8-15(9-19)22-10-13;/h4-8,10-11,16H,1-3,9,19H2,(H,20,21);1H. The van der Waals surface area contributed by atoms with E-state index in [9.17, 15) is 9.18 Å². The normalized spacial score (nSPS) is 15.4. The van der Waals surface area contributed by atoms with E-state index in [4.69, 9.17) is 10.2 Å². The molecule has 4 nitrogen and oxygen atoms in total. The molecule has 0 spiro atoms. The summed E-state index contributed by atoms with van der Waals surface area (Å²) in [6.07, 6.45) is 4.73. The average Bonchev–Trinajstić information content (AvgIpc) is 2.94. The first-order valence-electron chi connectivity index (χ1n) is 7.51. The minimum absolute atomic E-state index is 0. The van der Waals surface area contributed by atoms with Gasteiger partial charge in [0.05, 0.1) is 18.2 Å². The topological polar surface area (TPSA) is 68.3 Å². The van der Waals surface area contributed by atoms with E-state index >= 15 is 0 Å². The molecule has 3 rings (SSSR count). The van der Waals surface area contributed by atoms with Gasteiger partial charge >= 0.3 is 0 Å². The summed E-state index contributed by atoms with van der Waals surface area (Å²) in [6, 6.07) is 7.88. The number of benzene rings is 1. The second-order valence-corrected chi connectivity index (χ2v) is 5.70. The monoisotopic (exact) mass is 338 g/mol. The maximum atomic E-state index is 13.1. The Morgan fingerprint density at radius 3 is 2.57 bits per heavy atom. The molecule has 1 aromatic carbocycles. The first-order chi connectivity index (χ1) is 10.7. The quantitative estimate of drug-likeness (QED) is 0.875. The smallest absolute Gasteiger partial charge is 0.255 e. The third-order valence-corrected chi connectivity index (χ3v) is 4.25. The fourth-order valence-corrected chi connectivity index (χ4v) is 2.75. The largest absolute Gasteiger partial charge is 0.467 e. The van der Waals surface area contributed by atoms with Crippen molar-refractivity contribution in [2.45, 2.75) is 31.8 Å². The van der Waals surface area contributed by atoms with E-state index < -0.39 is 0 Å². The van der Waals surface area contributed by atoms with Gasteiger partial charge in [-0.1, -0.05) is 18.6 Å². The second-order valence-electron chi connectivity index (χ2n) is 5.70. The van der Waals surface area contributed by atoms with Crippen LogP contribution in [0.3, 0.4) is 0 Å². The highest BCUT2D eigenvalue weighted by Gasteiger charge is 2.30. The SMILES string of the molecule is Cl.NCc1cc(C(=O)NC(c2ccc(F)cc2)C2CCC2)co1. The molecule has 1 heterocycles. The Labute approximate surface area is 140 Å². The maximum absolute atomic E-state index is 13.1. The van der Waals surface area contributed by atoms with Gasteiger partial charge in [0.15, 0.2) is 0 Å². The van der Waals surface area contributed by atoms with Crippen LogP contribution in [0.2, 0.25) is 0 Å². The second kappa shape index (κ2) is 7.62. The predicted molar refractivity (Wildman–Crippen MR) is 87.8 cm³/mol. The Bertz CT molecular complexity index is 653. The summed E-state index contributed by atoms with van der Waals surface area (Å²) in [6.45, 7) is 0.261. The first kappa shape index (κ1) is 17.5. The lowest BCUT2D eigenvalue weighted by atomic mass is 9.77. The number of nitrogens with two attached hydrogens (primary N) is 1. The van der Waals surface area contributed by atoms with Crippen molar-refractivity contribution in [3.05, 3.63) is 59.3 Å². The van der Waals surface area contributed by atoms with Crippen LogP contribution >= 0.6 is 12.4 Å². The van der Waals surface area contributed by atoms with E-state index in [0.29, 0.717) is 17.2 Å². The first-order valence-corrected chi connectivity index (χ1v) is 7.51. The number of carbonyl (C=O) groups is 1. The minimum Gasteiger partial charge on any atom is -0.467 e. The Kier molecular flexibility index (Phi) is 5.80. The predicted octanol–water partition coefficient (Wildman–Crippen LogP) is 3.57. The third kappa shape index (κ3) is 3.92. The molecule has 1 atom stereocenters. The molecular weight excluding hydrogens is 319 g/mol. The van der Waals surface area contributed by atoms with Crippen LogP contribution in [-0.2, 0) is 6.54 Å². The highest BCUT2D eigenvalue weighted by Crippen LogP contribution is 2.38. The highest BCUT2D eigenvalue weighted by molar-refractivity contribution is 5.94. The molecule has 2 aromatic rings. The van der Waals surface area contributed by atoms with Gasteiger partial charge < -0.3 is 15.5 Å². The van der Waals surface area contributed by atoms with Gasteiger partial charge in [-0.2, -0.15) is 0 Å². The van der Waals surface area contributed by atoms with Crippen molar-refractivity contribution in [3.8, 4) is 0 Å². The lowest BCUT2D eigenvalue weighted by Gasteiger charge is -2.34. The molecule has 3 N–H and O–H groups in total. The number of halogens is 2. The van der Waals surface area contributed by atoms with Crippen LogP contribution < -0.4 is 11.1 Å². The third-order valence-electron chi connectivity index (χ3n) is 4.25. The number of hydrogen-bond donors (Lipinski definition) is 2. The number of amides is 1. The number of hydrogen-bond acceptors (Lipinski definition) is 3. The Morgan fingerprint density at radius 2 is 2.04 bits per heavy atom. The average molecular weight is 339 g/mol. The summed E-state index contributed by atoms with van der Waals surface area (Å²) in [5.41, 5.74) is 6.88. The molecule has 1 aliphatic rings. The Morgan fingerprint density at radius 1 is 1.35 bits per heavy atom. The van der Waals surface area contributed by atoms with Crippen LogP contribution in [0.15, 0.2) is 41.0 Å². The molecule has 124 valence electrons. The van der Waals surface area contributed by atoms with E-state index in [2.05, 4.69) is 5.32 Å². The maximum Gasteiger partial charge on any atom is 0.255 e. The lowest BCUT2D eigenvalue weighted by molar-refractivity contribution is 0.0900. The van der Waals surface area contributed by atoms with Crippen molar-refractivity contribution < 1.29 is 13.6 Å². The molecule has 1 amide bonds. The molecule has 1 unspecified atom stereocenters. The molecule has 0 radical (unpaired) electrons. The number of furan rings is 1. The molecule has 0 bridgehead atoms. The summed E-state index contributed by atoms with van der Waals surface area (Å²) in [7, 11) is 0. The molecule has 1 aliphatic carbocycles. The van der Waals surface area contributed by atoms with Gasteiger partial charge in [-0.3, -0.25) is 4.79 Å². The van der Waals surface area contributed by atoms with Gasteiger partial charge in [-0.05, 0) is 42.5 Å². The summed E-state index contributed by atoms with van der Waals surface area (Å²) in [5, 5.41) is 3.05. The molecule has 23 heavy (non-hydrogen) atoms. The molecule has 0 saturated heterocycles. The van der Waals surface area contributed by atoms with E-state index in [0.717, 1.165) is 18.4 Å². The van der Waals surface area contributed by atoms with Crippen LogP contribution in [0.5, 0.6) is 0 Å². The van der Waals surface area contributed by atoms with Crippen LogP contribution in [0.1, 0.15) is 47.0 Å². The molecule has 1 fully saturated rings. The van der Waals surface area contributed by atoms with Crippen molar-refractivity contribution >= 4 is 18.3 Å². The Balaban J connectivity index is 0.00000192. The van der Waals surface area contributed by atoms with Crippen LogP contribution in [0, 0.1) is 11.7 Å². The van der Waals surface area contributed by atoms with Gasteiger partial charge in [-0.15, -0.1) is 12.4 Å². The zero-order valence-electron chi connectivity index (χ0n) is 12.6. The fourth-order valence-electron chi connectivity index (χ4n) is 2.75. The summed E-state index contributed by atoms with van der Waals surface area (Å²) in [4.78, 5) is 12.4. The van der Waals surface area contributed by atoms with Gasteiger partial charge in [0.2, 0.25) is 0 Å². The van der Waals surface area contributed by atoms with Crippen LogP contribution in [0.25, 0.3) is 0 Å². The van der Waals surface area contributed by atoms with Crippen molar-refractivity contribution in [2.75, 3.05) is 0 Å². The molecule has 1 saturated carbocycles. The van der Waals surface area contributed by atoms with E-state index in [1.54, 1.807) is 18.2 Å². The van der Waals surface area contributed by atoms with Gasteiger partial charge in [0, 0.05) is 0 Å². The van der Waals surface area contributed by atoms with E-state index in [-0.39, 0.29) is 36.7 Å². The van der Waals surface area contributed by atoms with Crippen LogP contribution in [0.4, 0.5) is 4.39 Å². The fraction of sp³-hybridized carbons (Fsp3) is 0.353. The van der Waals surface area contributed by atoms with Crippen LogP contribution in [-0.4, -0.2) is 5.91 Å². The van der Waals surface area contributed by atoms with Gasteiger partial charge in [-0.25, -0.2) is 4.39 Å². The molecule has 1 aromatic heterocycles. The van der Waals surface area contributed by atoms with Gasteiger partial charge in [0.1, 0.15) is 17.8 Å². The minimum atomic E-state index is -0.273. The molecular formula is C17H20ClFN2O2.